The molecular formula is C11H13NO. The van der Waals surface area contributed by atoms with Crippen molar-refractivity contribution in [3.63, 3.8) is 0 Å². The number of benzene rings is 1. The first kappa shape index (κ1) is 8.17. The number of hydrogen-bond donors (Lipinski definition) is 1. The third-order valence-electron chi connectivity index (χ3n) is 2.46. The Labute approximate surface area is 78.0 Å². The highest BCUT2D eigenvalue weighted by molar-refractivity contribution is 5.62. The first-order valence-electron chi connectivity index (χ1n) is 4.42. The fourth-order valence-corrected chi connectivity index (χ4v) is 1.71. The summed E-state index contributed by atoms with van der Waals surface area (Å²) in [5, 5.41) is 0. The van der Waals surface area contributed by atoms with Crippen molar-refractivity contribution in [3.05, 3.63) is 35.4 Å². The van der Waals surface area contributed by atoms with Crippen molar-refractivity contribution in [2.24, 2.45) is 0 Å². The van der Waals surface area contributed by atoms with Gasteiger partial charge >= 0.3 is 0 Å². The highest BCUT2D eigenvalue weighted by Crippen LogP contribution is 2.30. The zero-order chi connectivity index (χ0) is 9.26. The maximum absolute atomic E-state index is 5.96. The van der Waals surface area contributed by atoms with Crippen molar-refractivity contribution in [1.29, 1.82) is 0 Å². The van der Waals surface area contributed by atoms with Crippen LogP contribution < -0.4 is 10.5 Å². The molecule has 0 unspecified atom stereocenters. The van der Waals surface area contributed by atoms with Gasteiger partial charge in [0.05, 0.1) is 12.8 Å². The Balaban J connectivity index is 2.52. The topological polar surface area (TPSA) is 35.2 Å². The monoisotopic (exact) mass is 175 g/mol. The van der Waals surface area contributed by atoms with Gasteiger partial charge in [0.1, 0.15) is 5.75 Å². The molecule has 68 valence electrons. The first-order chi connectivity index (χ1) is 6.33. The van der Waals surface area contributed by atoms with Crippen LogP contribution in [0.5, 0.6) is 5.75 Å². The number of hydrogen-bond acceptors (Lipinski definition) is 2. The number of anilines is 1. The molecule has 2 rings (SSSR count). The summed E-state index contributed by atoms with van der Waals surface area (Å²) in [5.41, 5.74) is 9.30. The average Bonchev–Trinajstić information content (AvgIpc) is 2.19. The van der Waals surface area contributed by atoms with Crippen molar-refractivity contribution < 1.29 is 4.74 Å². The molecule has 0 aliphatic heterocycles. The molecule has 0 saturated heterocycles. The summed E-state index contributed by atoms with van der Waals surface area (Å²) in [6, 6.07) is 4.03. The average molecular weight is 175 g/mol. The summed E-state index contributed by atoms with van der Waals surface area (Å²) in [7, 11) is 1.65. The van der Waals surface area contributed by atoms with Crippen LogP contribution in [0.2, 0.25) is 0 Å². The van der Waals surface area contributed by atoms with E-state index in [0.29, 0.717) is 0 Å². The third kappa shape index (κ3) is 1.28. The predicted molar refractivity (Wildman–Crippen MR) is 54.0 cm³/mol. The molecule has 2 heteroatoms. The van der Waals surface area contributed by atoms with Crippen LogP contribution >= 0.6 is 0 Å². The van der Waals surface area contributed by atoms with Gasteiger partial charge in [0, 0.05) is 0 Å². The van der Waals surface area contributed by atoms with E-state index in [-0.39, 0.29) is 0 Å². The zero-order valence-corrected chi connectivity index (χ0v) is 7.71. The SMILES string of the molecule is COc1ccc2c(c1N)CC=CC2. The minimum Gasteiger partial charge on any atom is -0.495 e. The van der Waals surface area contributed by atoms with E-state index in [2.05, 4.69) is 18.2 Å². The van der Waals surface area contributed by atoms with E-state index in [1.54, 1.807) is 7.11 Å². The fourth-order valence-electron chi connectivity index (χ4n) is 1.71. The summed E-state index contributed by atoms with van der Waals surface area (Å²) in [6.45, 7) is 0. The van der Waals surface area contributed by atoms with E-state index in [1.165, 1.54) is 11.1 Å². The normalized spacial score (nSPS) is 13.9. The van der Waals surface area contributed by atoms with E-state index >= 15 is 0 Å². The molecule has 0 amide bonds. The summed E-state index contributed by atoms with van der Waals surface area (Å²) in [4.78, 5) is 0. The molecule has 1 aliphatic carbocycles. The highest BCUT2D eigenvalue weighted by atomic mass is 16.5. The molecule has 2 nitrogen and oxygen atoms in total. The number of nitrogen functional groups attached to an aromatic ring is 1. The fraction of sp³-hybridized carbons (Fsp3) is 0.273. The van der Waals surface area contributed by atoms with Crippen molar-refractivity contribution in [2.45, 2.75) is 12.8 Å². The van der Waals surface area contributed by atoms with Crippen molar-refractivity contribution in [1.82, 2.24) is 0 Å². The Bertz CT molecular complexity index is 355. The molecule has 0 atom stereocenters. The van der Waals surface area contributed by atoms with E-state index in [0.717, 1.165) is 24.3 Å². The van der Waals surface area contributed by atoms with Gasteiger partial charge in [0.25, 0.3) is 0 Å². The molecule has 0 heterocycles. The van der Waals surface area contributed by atoms with Crippen molar-refractivity contribution in [3.8, 4) is 5.75 Å². The Kier molecular flexibility index (Phi) is 1.97. The van der Waals surface area contributed by atoms with Gasteiger partial charge in [-0.3, -0.25) is 0 Å². The van der Waals surface area contributed by atoms with E-state index in [9.17, 15) is 0 Å². The molecule has 0 saturated carbocycles. The lowest BCUT2D eigenvalue weighted by molar-refractivity contribution is 0.416. The van der Waals surface area contributed by atoms with Crippen LogP contribution in [-0.4, -0.2) is 7.11 Å². The maximum atomic E-state index is 5.96. The Morgan fingerprint density at radius 2 is 2.00 bits per heavy atom. The minimum atomic E-state index is 0.786. The molecule has 0 fully saturated rings. The second-order valence-corrected chi connectivity index (χ2v) is 3.20. The molecule has 0 spiro atoms. The summed E-state index contributed by atoms with van der Waals surface area (Å²) >= 11 is 0. The Morgan fingerprint density at radius 1 is 1.23 bits per heavy atom. The van der Waals surface area contributed by atoms with Gasteiger partial charge in [-0.05, 0) is 30.0 Å². The lowest BCUT2D eigenvalue weighted by atomic mass is 9.95. The van der Waals surface area contributed by atoms with E-state index < -0.39 is 0 Å². The maximum Gasteiger partial charge on any atom is 0.142 e. The third-order valence-corrected chi connectivity index (χ3v) is 2.46. The van der Waals surface area contributed by atoms with Crippen LogP contribution in [0.15, 0.2) is 24.3 Å². The molecule has 1 aromatic rings. The second kappa shape index (κ2) is 3.13. The molecule has 0 bridgehead atoms. The Morgan fingerprint density at radius 3 is 2.77 bits per heavy atom. The molecule has 0 radical (unpaired) electrons. The number of ether oxygens (including phenoxy) is 1. The largest absolute Gasteiger partial charge is 0.495 e. The highest BCUT2D eigenvalue weighted by Gasteiger charge is 2.11. The van der Waals surface area contributed by atoms with Gasteiger partial charge in [-0.2, -0.15) is 0 Å². The standard InChI is InChI=1S/C11H13NO/c1-13-10-7-6-8-4-2-3-5-9(8)11(10)12/h2-3,6-7H,4-5,12H2,1H3. The summed E-state index contributed by atoms with van der Waals surface area (Å²) < 4.78 is 5.16. The van der Waals surface area contributed by atoms with Gasteiger partial charge in [-0.25, -0.2) is 0 Å². The Hall–Kier alpha value is -1.44. The smallest absolute Gasteiger partial charge is 0.142 e. The lowest BCUT2D eigenvalue weighted by Gasteiger charge is -2.15. The molecule has 13 heavy (non-hydrogen) atoms. The second-order valence-electron chi connectivity index (χ2n) is 3.20. The van der Waals surface area contributed by atoms with Crippen LogP contribution in [-0.2, 0) is 12.8 Å². The summed E-state index contributed by atoms with van der Waals surface area (Å²) in [6.07, 6.45) is 6.24. The minimum absolute atomic E-state index is 0.786. The van der Waals surface area contributed by atoms with Crippen LogP contribution in [0, 0.1) is 0 Å². The molecule has 1 aliphatic rings. The molecule has 0 aromatic heterocycles. The van der Waals surface area contributed by atoms with E-state index in [4.69, 9.17) is 10.5 Å². The van der Waals surface area contributed by atoms with Gasteiger partial charge in [0.15, 0.2) is 0 Å². The van der Waals surface area contributed by atoms with Crippen LogP contribution in [0.1, 0.15) is 11.1 Å². The van der Waals surface area contributed by atoms with Crippen molar-refractivity contribution in [2.75, 3.05) is 12.8 Å². The number of nitrogens with two attached hydrogens (primary N) is 1. The molecule has 1 aromatic carbocycles. The van der Waals surface area contributed by atoms with Gasteiger partial charge in [-0.15, -0.1) is 0 Å². The molecule has 2 N–H and O–H groups in total. The summed E-state index contributed by atoms with van der Waals surface area (Å²) in [5.74, 6) is 0.786. The quantitative estimate of drug-likeness (QED) is 0.523. The zero-order valence-electron chi connectivity index (χ0n) is 7.71. The molecular weight excluding hydrogens is 162 g/mol. The van der Waals surface area contributed by atoms with Gasteiger partial charge in [0.2, 0.25) is 0 Å². The van der Waals surface area contributed by atoms with Crippen LogP contribution in [0.25, 0.3) is 0 Å². The van der Waals surface area contributed by atoms with Gasteiger partial charge < -0.3 is 10.5 Å². The first-order valence-corrected chi connectivity index (χ1v) is 4.42. The number of methoxy groups -OCH3 is 1. The van der Waals surface area contributed by atoms with Crippen LogP contribution in [0.4, 0.5) is 5.69 Å². The lowest BCUT2D eigenvalue weighted by Crippen LogP contribution is -2.04. The van der Waals surface area contributed by atoms with Gasteiger partial charge in [-0.1, -0.05) is 18.2 Å². The predicted octanol–water partition coefficient (Wildman–Crippen LogP) is 1.93. The van der Waals surface area contributed by atoms with Crippen LogP contribution in [0.3, 0.4) is 0 Å². The van der Waals surface area contributed by atoms with Crippen molar-refractivity contribution >= 4 is 5.69 Å². The van der Waals surface area contributed by atoms with E-state index in [1.807, 2.05) is 6.07 Å². The number of fused-ring (bicyclic) bond motifs is 1. The number of allylic oxidation sites excluding steroid dienone is 2. The number of rotatable bonds is 1.